The molecule has 0 aromatic carbocycles. The van der Waals surface area contributed by atoms with E-state index in [1.807, 2.05) is 6.07 Å². The van der Waals surface area contributed by atoms with Gasteiger partial charge in [-0.05, 0) is 45.1 Å². The molecule has 3 heterocycles. The number of aromatic nitrogens is 3. The lowest BCUT2D eigenvalue weighted by Gasteiger charge is -2.31. The van der Waals surface area contributed by atoms with Crippen LogP contribution < -0.4 is 10.9 Å². The highest BCUT2D eigenvalue weighted by Gasteiger charge is 2.40. The lowest BCUT2D eigenvalue weighted by atomic mass is 9.99. The Balaban J connectivity index is 1.66. The molecule has 0 amide bonds. The molecular weight excluding hydrogens is 432 g/mol. The van der Waals surface area contributed by atoms with Crippen LogP contribution in [-0.4, -0.2) is 57.1 Å². The summed E-state index contributed by atoms with van der Waals surface area (Å²) in [6, 6.07) is 2.89. The summed E-state index contributed by atoms with van der Waals surface area (Å²) in [6.45, 7) is 5.79. The Labute approximate surface area is 186 Å². The first-order valence-electron chi connectivity index (χ1n) is 10.6. The lowest BCUT2D eigenvalue weighted by molar-refractivity contribution is 0.0266. The number of nitriles is 1. The second kappa shape index (κ2) is 8.27. The Morgan fingerprint density at radius 3 is 2.69 bits per heavy atom. The molecule has 1 aliphatic heterocycles. The molecule has 2 aromatic rings. The molecule has 2 atom stereocenters. The van der Waals surface area contributed by atoms with Crippen molar-refractivity contribution in [1.29, 1.82) is 5.26 Å². The quantitative estimate of drug-likeness (QED) is 0.686. The van der Waals surface area contributed by atoms with Crippen molar-refractivity contribution < 1.29 is 13.5 Å². The Hall–Kier alpha value is -2.81. The number of rotatable bonds is 5. The smallest absolute Gasteiger partial charge is 0.270 e. The third kappa shape index (κ3) is 4.01. The summed E-state index contributed by atoms with van der Waals surface area (Å²) in [7, 11) is -3.43. The van der Waals surface area contributed by atoms with Gasteiger partial charge in [0.25, 0.3) is 5.56 Å². The largest absolute Gasteiger partial charge is 0.388 e. The number of nitrogens with one attached hydrogen (secondary N) is 1. The van der Waals surface area contributed by atoms with E-state index in [9.17, 15) is 23.6 Å². The van der Waals surface area contributed by atoms with Crippen molar-refractivity contribution in [1.82, 2.24) is 18.8 Å². The van der Waals surface area contributed by atoms with Crippen molar-refractivity contribution >= 4 is 27.0 Å². The summed E-state index contributed by atoms with van der Waals surface area (Å²) in [5.41, 5.74) is -1.20. The number of aliphatic hydroxyl groups is 1. The minimum absolute atomic E-state index is 0.0136. The highest BCUT2D eigenvalue weighted by Crippen LogP contribution is 2.39. The van der Waals surface area contributed by atoms with Crippen molar-refractivity contribution in [2.45, 2.75) is 56.7 Å². The number of fused-ring (bicyclic) bond motifs is 1. The Bertz CT molecular complexity index is 1260. The fourth-order valence-electron chi connectivity index (χ4n) is 4.64. The lowest BCUT2D eigenvalue weighted by Crippen LogP contribution is -2.41. The third-order valence-corrected chi connectivity index (χ3v) is 7.95. The Morgan fingerprint density at radius 1 is 1.38 bits per heavy atom. The molecule has 32 heavy (non-hydrogen) atoms. The van der Waals surface area contributed by atoms with Crippen LogP contribution in [0.1, 0.15) is 50.6 Å². The van der Waals surface area contributed by atoms with Crippen LogP contribution in [0, 0.1) is 11.3 Å². The fourth-order valence-corrected chi connectivity index (χ4v) is 5.57. The van der Waals surface area contributed by atoms with Crippen LogP contribution in [0.15, 0.2) is 29.0 Å². The number of hydrogen-bond acceptors (Lipinski definition) is 8. The number of nitrogens with zero attached hydrogens (tertiary/aromatic N) is 5. The average molecular weight is 459 g/mol. The van der Waals surface area contributed by atoms with E-state index in [1.54, 1.807) is 13.1 Å². The molecule has 0 bridgehead atoms. The van der Waals surface area contributed by atoms with Crippen LogP contribution in [0.5, 0.6) is 0 Å². The van der Waals surface area contributed by atoms with Crippen LogP contribution >= 0.6 is 0 Å². The van der Waals surface area contributed by atoms with Crippen molar-refractivity contribution in [3.8, 4) is 6.07 Å². The third-order valence-electron chi connectivity index (χ3n) is 6.44. The van der Waals surface area contributed by atoms with Gasteiger partial charge < -0.3 is 10.4 Å². The predicted molar refractivity (Wildman–Crippen MR) is 119 cm³/mol. The maximum absolute atomic E-state index is 13.0. The molecule has 0 spiro atoms. The molecule has 170 valence electrons. The first-order valence-corrected chi connectivity index (χ1v) is 12.1. The van der Waals surface area contributed by atoms with Gasteiger partial charge in [-0.1, -0.05) is 6.58 Å². The molecule has 11 heteroatoms. The molecule has 4 rings (SSSR count). The van der Waals surface area contributed by atoms with E-state index in [4.69, 9.17) is 0 Å². The van der Waals surface area contributed by atoms with E-state index in [-0.39, 0.29) is 11.6 Å². The van der Waals surface area contributed by atoms with Crippen molar-refractivity contribution in [2.75, 3.05) is 18.4 Å². The molecule has 2 N–H and O–H groups in total. The van der Waals surface area contributed by atoms with Gasteiger partial charge in [-0.3, -0.25) is 9.36 Å². The summed E-state index contributed by atoms with van der Waals surface area (Å²) < 4.78 is 26.7. The van der Waals surface area contributed by atoms with Gasteiger partial charge in [0, 0.05) is 36.1 Å². The monoisotopic (exact) mass is 458 g/mol. The summed E-state index contributed by atoms with van der Waals surface area (Å²) in [6.07, 6.45) is 4.65. The van der Waals surface area contributed by atoms with E-state index >= 15 is 0 Å². The molecule has 10 nitrogen and oxygen atoms in total. The number of pyridine rings is 1. The standard InChI is InChI=1S/C21H26N6O4S/c1-3-32(30,31)26-9-6-16(7-10-26)24-20-23-13-15-11-14(12-22)19(28)27(18(15)25-20)17-5-4-8-21(17,2)29/h3,11,13,16-17,29H,1,4-10H2,2H3,(H,23,24,25)/t17-,21-/m1/s1. The van der Waals surface area contributed by atoms with Gasteiger partial charge in [0.2, 0.25) is 16.0 Å². The second-order valence-corrected chi connectivity index (χ2v) is 10.5. The molecule has 0 radical (unpaired) electrons. The maximum atomic E-state index is 13.0. The van der Waals surface area contributed by atoms with E-state index in [0.717, 1.165) is 11.8 Å². The normalized spacial score (nSPS) is 25.0. The summed E-state index contributed by atoms with van der Waals surface area (Å²) >= 11 is 0. The van der Waals surface area contributed by atoms with Gasteiger partial charge >= 0.3 is 0 Å². The number of piperidine rings is 1. The SMILES string of the molecule is C=CS(=O)(=O)N1CCC(Nc2ncc3cc(C#N)c(=O)n([C@@H]4CCC[C@@]4(C)O)c3n2)CC1. The molecule has 2 aromatic heterocycles. The summed E-state index contributed by atoms with van der Waals surface area (Å²) in [4.78, 5) is 21.9. The molecule has 1 saturated heterocycles. The number of anilines is 1. The first-order chi connectivity index (χ1) is 15.2. The molecule has 1 aliphatic carbocycles. The van der Waals surface area contributed by atoms with Gasteiger partial charge in [-0.2, -0.15) is 14.6 Å². The zero-order chi connectivity index (χ0) is 23.1. The topological polar surface area (TPSA) is 141 Å². The van der Waals surface area contributed by atoms with Gasteiger partial charge in [0.05, 0.1) is 11.6 Å². The minimum atomic E-state index is -3.43. The second-order valence-electron chi connectivity index (χ2n) is 8.61. The first kappa shape index (κ1) is 22.4. The van der Waals surface area contributed by atoms with E-state index in [0.29, 0.717) is 55.8 Å². The van der Waals surface area contributed by atoms with Gasteiger partial charge in [0.1, 0.15) is 17.3 Å². The Kier molecular flexibility index (Phi) is 5.79. The van der Waals surface area contributed by atoms with Crippen LogP contribution in [0.3, 0.4) is 0 Å². The maximum Gasteiger partial charge on any atom is 0.270 e. The van der Waals surface area contributed by atoms with Crippen LogP contribution in [0.4, 0.5) is 5.95 Å². The van der Waals surface area contributed by atoms with Gasteiger partial charge in [-0.25, -0.2) is 13.4 Å². The minimum Gasteiger partial charge on any atom is -0.388 e. The molecule has 0 unspecified atom stereocenters. The van der Waals surface area contributed by atoms with Gasteiger partial charge in [0.15, 0.2) is 0 Å². The van der Waals surface area contributed by atoms with Crippen molar-refractivity contribution in [3.63, 3.8) is 0 Å². The molecule has 1 saturated carbocycles. The summed E-state index contributed by atoms with van der Waals surface area (Å²) in [5, 5.41) is 25.0. The van der Waals surface area contributed by atoms with E-state index < -0.39 is 27.2 Å². The predicted octanol–water partition coefficient (Wildman–Crippen LogP) is 1.49. The van der Waals surface area contributed by atoms with Crippen LogP contribution in [-0.2, 0) is 10.0 Å². The zero-order valence-corrected chi connectivity index (χ0v) is 18.7. The van der Waals surface area contributed by atoms with Crippen LogP contribution in [0.2, 0.25) is 0 Å². The van der Waals surface area contributed by atoms with E-state index in [1.165, 1.54) is 14.9 Å². The Morgan fingerprint density at radius 2 is 2.09 bits per heavy atom. The zero-order valence-electron chi connectivity index (χ0n) is 17.9. The average Bonchev–Trinajstić information content (AvgIpc) is 3.12. The van der Waals surface area contributed by atoms with Gasteiger partial charge in [-0.15, -0.1) is 0 Å². The highest BCUT2D eigenvalue weighted by molar-refractivity contribution is 7.92. The summed E-state index contributed by atoms with van der Waals surface area (Å²) in [5.74, 6) is 0.318. The highest BCUT2D eigenvalue weighted by atomic mass is 32.2. The molecule has 2 fully saturated rings. The fraction of sp³-hybridized carbons (Fsp3) is 0.524. The van der Waals surface area contributed by atoms with Crippen molar-refractivity contribution in [3.05, 3.63) is 40.2 Å². The molecular formula is C21H26N6O4S. The van der Waals surface area contributed by atoms with Crippen LogP contribution in [0.25, 0.3) is 11.0 Å². The van der Waals surface area contributed by atoms with Crippen molar-refractivity contribution in [2.24, 2.45) is 0 Å². The molecule has 2 aliphatic rings. The number of hydrogen-bond donors (Lipinski definition) is 2. The van der Waals surface area contributed by atoms with E-state index in [2.05, 4.69) is 21.9 Å². The number of sulfonamides is 1.